The fourth-order valence-electron chi connectivity index (χ4n) is 2.51. The Kier molecular flexibility index (Phi) is 4.71. The molecule has 2 rings (SSSR count). The molecule has 4 heteroatoms. The maximum Gasteiger partial charge on any atom is 0.495 e. The molecule has 1 aliphatic heterocycles. The number of allylic oxidation sites excluding steroid dienone is 1. The summed E-state index contributed by atoms with van der Waals surface area (Å²) in [6.45, 7) is 14.9. The van der Waals surface area contributed by atoms with Crippen molar-refractivity contribution in [3.63, 3.8) is 0 Å². The summed E-state index contributed by atoms with van der Waals surface area (Å²) in [5.41, 5.74) is 1.50. The summed E-state index contributed by atoms with van der Waals surface area (Å²) in [5.74, 6) is 0.845. The number of hydrogen-bond donors (Lipinski definition) is 0. The zero-order valence-electron chi connectivity index (χ0n) is 15.7. The van der Waals surface area contributed by atoms with Crippen molar-refractivity contribution in [3.8, 4) is 5.75 Å². The number of hydrogen-bond acceptors (Lipinski definition) is 3. The third kappa shape index (κ3) is 3.99. The third-order valence-electron chi connectivity index (χ3n) is 4.52. The second-order valence-electron chi connectivity index (χ2n) is 8.28. The first-order valence-corrected chi connectivity index (χ1v) is 8.18. The number of rotatable bonds is 3. The van der Waals surface area contributed by atoms with Gasteiger partial charge in [-0.2, -0.15) is 0 Å². The molecule has 0 N–H and O–H groups in total. The largest absolute Gasteiger partial charge is 0.497 e. The molecule has 0 aliphatic carbocycles. The first-order valence-electron chi connectivity index (χ1n) is 8.18. The molecule has 1 fully saturated rings. The summed E-state index contributed by atoms with van der Waals surface area (Å²) >= 11 is 0. The first kappa shape index (κ1) is 18.1. The van der Waals surface area contributed by atoms with Gasteiger partial charge < -0.3 is 14.0 Å². The van der Waals surface area contributed by atoms with E-state index in [1.807, 2.05) is 12.1 Å². The molecule has 0 unspecified atom stereocenters. The van der Waals surface area contributed by atoms with E-state index in [0.29, 0.717) is 0 Å². The Morgan fingerprint density at radius 1 is 1.00 bits per heavy atom. The predicted molar refractivity (Wildman–Crippen MR) is 96.5 cm³/mol. The summed E-state index contributed by atoms with van der Waals surface area (Å²) in [4.78, 5) is 0. The van der Waals surface area contributed by atoms with Crippen LogP contribution in [0.4, 0.5) is 0 Å². The van der Waals surface area contributed by atoms with Crippen LogP contribution in [0.15, 0.2) is 30.3 Å². The summed E-state index contributed by atoms with van der Waals surface area (Å²) in [6.07, 6.45) is 2.23. The van der Waals surface area contributed by atoms with Gasteiger partial charge >= 0.3 is 7.12 Å². The van der Waals surface area contributed by atoms with Crippen LogP contribution in [0.25, 0.3) is 5.47 Å². The molecule has 126 valence electrons. The highest BCUT2D eigenvalue weighted by atomic mass is 16.7. The standard InChI is InChI=1S/C19H29BO3/c1-17(2,3)13-16(14-9-11-15(21-8)12-10-14)20-22-18(4,5)19(6,7)23-20/h9-13H,1-8H3/b16-13+. The molecule has 1 saturated heterocycles. The minimum absolute atomic E-state index is 0.0266. The van der Waals surface area contributed by atoms with Crippen LogP contribution in [0, 0.1) is 5.41 Å². The van der Waals surface area contributed by atoms with Crippen molar-refractivity contribution < 1.29 is 14.0 Å². The van der Waals surface area contributed by atoms with Crippen LogP contribution >= 0.6 is 0 Å². The second kappa shape index (κ2) is 5.99. The molecule has 1 aromatic rings. The van der Waals surface area contributed by atoms with E-state index in [-0.39, 0.29) is 23.7 Å². The second-order valence-corrected chi connectivity index (χ2v) is 8.28. The highest BCUT2D eigenvalue weighted by Gasteiger charge is 2.52. The summed E-state index contributed by atoms with van der Waals surface area (Å²) in [7, 11) is 1.31. The van der Waals surface area contributed by atoms with Crippen LogP contribution in [0.1, 0.15) is 54.0 Å². The van der Waals surface area contributed by atoms with Crippen LogP contribution in [0.2, 0.25) is 0 Å². The fourth-order valence-corrected chi connectivity index (χ4v) is 2.51. The van der Waals surface area contributed by atoms with E-state index in [9.17, 15) is 0 Å². The molecule has 3 nitrogen and oxygen atoms in total. The van der Waals surface area contributed by atoms with E-state index in [1.165, 1.54) is 0 Å². The van der Waals surface area contributed by atoms with Gasteiger partial charge in [0.25, 0.3) is 0 Å². The maximum atomic E-state index is 6.26. The Morgan fingerprint density at radius 2 is 1.48 bits per heavy atom. The number of methoxy groups -OCH3 is 1. The average molecular weight is 316 g/mol. The molecule has 1 aromatic carbocycles. The topological polar surface area (TPSA) is 27.7 Å². The molecule has 1 aliphatic rings. The SMILES string of the molecule is COc1ccc(/C(=C\C(C)(C)C)B2OC(C)(C)C(C)(C)O2)cc1. The minimum Gasteiger partial charge on any atom is -0.497 e. The van der Waals surface area contributed by atoms with Gasteiger partial charge in [-0.25, -0.2) is 0 Å². The number of benzene rings is 1. The first-order chi connectivity index (χ1) is 10.5. The Bertz CT molecular complexity index is 564. The molecular formula is C19H29BO3. The lowest BCUT2D eigenvalue weighted by molar-refractivity contribution is 0.00578. The summed E-state index contributed by atoms with van der Waals surface area (Å²) < 4.78 is 17.8. The van der Waals surface area contributed by atoms with Gasteiger partial charge in [0.15, 0.2) is 0 Å². The van der Waals surface area contributed by atoms with Crippen molar-refractivity contribution in [2.45, 2.75) is 59.7 Å². The van der Waals surface area contributed by atoms with E-state index in [0.717, 1.165) is 16.8 Å². The van der Waals surface area contributed by atoms with Gasteiger partial charge in [-0.3, -0.25) is 0 Å². The highest BCUT2D eigenvalue weighted by molar-refractivity contribution is 6.69. The van der Waals surface area contributed by atoms with E-state index in [1.54, 1.807) is 7.11 Å². The van der Waals surface area contributed by atoms with Gasteiger partial charge in [0, 0.05) is 0 Å². The zero-order valence-corrected chi connectivity index (χ0v) is 15.7. The molecule has 0 bridgehead atoms. The Balaban J connectivity index is 2.42. The molecule has 0 atom stereocenters. The lowest BCUT2D eigenvalue weighted by Crippen LogP contribution is -2.41. The lowest BCUT2D eigenvalue weighted by atomic mass is 9.71. The van der Waals surface area contributed by atoms with E-state index in [2.05, 4.69) is 66.7 Å². The van der Waals surface area contributed by atoms with Crippen LogP contribution in [0.5, 0.6) is 5.75 Å². The fraction of sp³-hybridized carbons (Fsp3) is 0.579. The molecular weight excluding hydrogens is 287 g/mol. The van der Waals surface area contributed by atoms with E-state index < -0.39 is 0 Å². The zero-order chi connectivity index (χ0) is 17.5. The van der Waals surface area contributed by atoms with Crippen LogP contribution in [-0.4, -0.2) is 25.4 Å². The molecule has 1 heterocycles. The van der Waals surface area contributed by atoms with Gasteiger partial charge in [0.05, 0.1) is 18.3 Å². The highest BCUT2D eigenvalue weighted by Crippen LogP contribution is 2.41. The average Bonchev–Trinajstić information content (AvgIpc) is 2.64. The van der Waals surface area contributed by atoms with Crippen LogP contribution in [-0.2, 0) is 9.31 Å². The summed E-state index contributed by atoms with van der Waals surface area (Å²) in [6, 6.07) is 8.05. The Hall–Kier alpha value is -1.26. The van der Waals surface area contributed by atoms with Crippen molar-refractivity contribution in [1.29, 1.82) is 0 Å². The van der Waals surface area contributed by atoms with E-state index >= 15 is 0 Å². The van der Waals surface area contributed by atoms with E-state index in [4.69, 9.17) is 14.0 Å². The molecule has 0 radical (unpaired) electrons. The molecule has 23 heavy (non-hydrogen) atoms. The van der Waals surface area contributed by atoms with Gasteiger partial charge in [-0.15, -0.1) is 0 Å². The molecule has 0 saturated carbocycles. The Labute approximate surface area is 141 Å². The number of ether oxygens (including phenoxy) is 1. The van der Waals surface area contributed by atoms with Gasteiger partial charge in [0.2, 0.25) is 0 Å². The normalized spacial score (nSPS) is 20.7. The van der Waals surface area contributed by atoms with Crippen LogP contribution in [0.3, 0.4) is 0 Å². The third-order valence-corrected chi connectivity index (χ3v) is 4.52. The Morgan fingerprint density at radius 3 is 1.87 bits per heavy atom. The molecule has 0 spiro atoms. The van der Waals surface area contributed by atoms with Crippen molar-refractivity contribution in [2.24, 2.45) is 5.41 Å². The predicted octanol–water partition coefficient (Wildman–Crippen LogP) is 4.76. The van der Waals surface area contributed by atoms with Crippen LogP contribution < -0.4 is 4.74 Å². The van der Waals surface area contributed by atoms with Crippen molar-refractivity contribution in [2.75, 3.05) is 7.11 Å². The molecule has 0 aromatic heterocycles. The quantitative estimate of drug-likeness (QED) is 0.753. The maximum absolute atomic E-state index is 6.26. The van der Waals surface area contributed by atoms with Gasteiger partial charge in [-0.05, 0) is 56.3 Å². The van der Waals surface area contributed by atoms with Gasteiger partial charge in [-0.1, -0.05) is 39.0 Å². The minimum atomic E-state index is -0.368. The van der Waals surface area contributed by atoms with Gasteiger partial charge in [0.1, 0.15) is 5.75 Å². The van der Waals surface area contributed by atoms with Crippen molar-refractivity contribution in [1.82, 2.24) is 0 Å². The van der Waals surface area contributed by atoms with Crippen molar-refractivity contribution >= 4 is 12.6 Å². The lowest BCUT2D eigenvalue weighted by Gasteiger charge is -2.32. The summed E-state index contributed by atoms with van der Waals surface area (Å²) in [5, 5.41) is 0. The smallest absolute Gasteiger partial charge is 0.495 e. The molecule has 0 amide bonds. The van der Waals surface area contributed by atoms with Crippen molar-refractivity contribution in [3.05, 3.63) is 35.9 Å². The monoisotopic (exact) mass is 316 g/mol.